The van der Waals surface area contributed by atoms with Gasteiger partial charge in [0, 0.05) is 13.1 Å². The topological polar surface area (TPSA) is 40.5 Å². The van der Waals surface area contributed by atoms with Gasteiger partial charge in [-0.2, -0.15) is 0 Å². The molecule has 0 fully saturated rings. The molecule has 0 saturated heterocycles. The minimum absolute atomic E-state index is 0.395. The van der Waals surface area contributed by atoms with Gasteiger partial charge in [-0.3, -0.25) is 14.1 Å². The summed E-state index contributed by atoms with van der Waals surface area (Å²) >= 11 is 0. The van der Waals surface area contributed by atoms with Gasteiger partial charge in [0.05, 0.1) is 6.67 Å². The fourth-order valence-corrected chi connectivity index (χ4v) is 2.32. The molecule has 4 heteroatoms. The zero-order valence-electron chi connectivity index (χ0n) is 9.60. The molecule has 0 spiro atoms. The average molecular weight is 237 g/mol. The van der Waals surface area contributed by atoms with Crippen LogP contribution in [-0.2, 0) is 17.8 Å². The number of carboxylic acids is 1. The van der Waals surface area contributed by atoms with Crippen molar-refractivity contribution in [3.05, 3.63) is 35.4 Å². The highest BCUT2D eigenvalue weighted by Crippen LogP contribution is 2.23. The van der Waals surface area contributed by atoms with Crippen LogP contribution in [0.3, 0.4) is 0 Å². The first-order chi connectivity index (χ1) is 8.22. The maximum absolute atomic E-state index is 12.2. The minimum Gasteiger partial charge on any atom is -0.480 e. The van der Waals surface area contributed by atoms with Crippen LogP contribution in [0.4, 0.5) is 4.39 Å². The second-order valence-corrected chi connectivity index (χ2v) is 4.34. The molecule has 92 valence electrons. The summed E-state index contributed by atoms with van der Waals surface area (Å²) in [5.41, 5.74) is 2.25. The molecule has 1 aliphatic heterocycles. The minimum atomic E-state index is -0.821. The third kappa shape index (κ3) is 2.64. The van der Waals surface area contributed by atoms with Gasteiger partial charge in [0.2, 0.25) is 0 Å². The summed E-state index contributed by atoms with van der Waals surface area (Å²) < 4.78 is 12.2. The van der Waals surface area contributed by atoms with Crippen molar-refractivity contribution in [2.24, 2.45) is 0 Å². The molecule has 1 heterocycles. The Kier molecular flexibility index (Phi) is 3.74. The Labute approximate surface area is 99.9 Å². The van der Waals surface area contributed by atoms with Crippen LogP contribution < -0.4 is 0 Å². The molecule has 2 rings (SSSR count). The van der Waals surface area contributed by atoms with Gasteiger partial charge >= 0.3 is 5.97 Å². The van der Waals surface area contributed by atoms with E-state index in [-0.39, 0.29) is 0 Å². The number of fused-ring (bicyclic) bond motifs is 1. The second-order valence-electron chi connectivity index (χ2n) is 4.34. The van der Waals surface area contributed by atoms with Gasteiger partial charge in [0.25, 0.3) is 0 Å². The van der Waals surface area contributed by atoms with E-state index in [0.29, 0.717) is 25.9 Å². The number of carbonyl (C=O) groups is 1. The lowest BCUT2D eigenvalue weighted by atomic mass is 9.94. The normalized spacial score (nSPS) is 19.9. The monoisotopic (exact) mass is 237 g/mol. The molecule has 0 aromatic heterocycles. The number of hydrogen-bond acceptors (Lipinski definition) is 2. The zero-order valence-corrected chi connectivity index (χ0v) is 9.60. The van der Waals surface area contributed by atoms with E-state index in [1.54, 1.807) is 0 Å². The fraction of sp³-hybridized carbons (Fsp3) is 0.462. The van der Waals surface area contributed by atoms with Crippen LogP contribution in [0.15, 0.2) is 24.3 Å². The second kappa shape index (κ2) is 5.27. The Morgan fingerprint density at radius 2 is 2.12 bits per heavy atom. The van der Waals surface area contributed by atoms with Crippen LogP contribution in [0.1, 0.15) is 17.5 Å². The Morgan fingerprint density at radius 3 is 2.76 bits per heavy atom. The van der Waals surface area contributed by atoms with Crippen molar-refractivity contribution in [3.8, 4) is 0 Å². The van der Waals surface area contributed by atoms with Crippen molar-refractivity contribution in [2.75, 3.05) is 13.2 Å². The molecule has 1 aromatic rings. The molecular weight excluding hydrogens is 221 g/mol. The number of alkyl halides is 1. The van der Waals surface area contributed by atoms with Crippen LogP contribution in [0.25, 0.3) is 0 Å². The lowest BCUT2D eigenvalue weighted by molar-refractivity contribution is -0.144. The van der Waals surface area contributed by atoms with E-state index < -0.39 is 18.7 Å². The Morgan fingerprint density at radius 1 is 1.41 bits per heavy atom. The summed E-state index contributed by atoms with van der Waals surface area (Å²) in [6, 6.07) is 7.34. The quantitative estimate of drug-likeness (QED) is 0.869. The number of halogens is 1. The number of nitrogens with zero attached hydrogens (tertiary/aromatic N) is 1. The first-order valence-electron chi connectivity index (χ1n) is 5.82. The first kappa shape index (κ1) is 12.0. The van der Waals surface area contributed by atoms with E-state index >= 15 is 0 Å². The van der Waals surface area contributed by atoms with Gasteiger partial charge in [-0.1, -0.05) is 24.3 Å². The third-order valence-corrected chi connectivity index (χ3v) is 3.21. The van der Waals surface area contributed by atoms with Crippen molar-refractivity contribution in [1.29, 1.82) is 0 Å². The highest BCUT2D eigenvalue weighted by atomic mass is 19.1. The summed E-state index contributed by atoms with van der Waals surface area (Å²) in [7, 11) is 0. The van der Waals surface area contributed by atoms with Crippen LogP contribution in [-0.4, -0.2) is 35.2 Å². The predicted molar refractivity (Wildman–Crippen MR) is 62.6 cm³/mol. The van der Waals surface area contributed by atoms with Gasteiger partial charge in [0.1, 0.15) is 6.04 Å². The zero-order chi connectivity index (χ0) is 12.3. The highest BCUT2D eigenvalue weighted by molar-refractivity contribution is 5.74. The fourth-order valence-electron chi connectivity index (χ4n) is 2.32. The Bertz CT molecular complexity index is 408. The number of carboxylic acid groups (broad SMARTS) is 1. The summed E-state index contributed by atoms with van der Waals surface area (Å²) in [6.45, 7) is 0.708. The lowest BCUT2D eigenvalue weighted by Gasteiger charge is -2.34. The number of aliphatic carboxylic acids is 1. The van der Waals surface area contributed by atoms with Crippen molar-refractivity contribution in [1.82, 2.24) is 4.90 Å². The van der Waals surface area contributed by atoms with E-state index in [1.165, 1.54) is 0 Å². The van der Waals surface area contributed by atoms with Gasteiger partial charge in [-0.15, -0.1) is 0 Å². The SMILES string of the molecule is O=C(O)[C@@H]1Cc2ccccc2CN1CCCF. The maximum Gasteiger partial charge on any atom is 0.321 e. The molecule has 0 radical (unpaired) electrons. The van der Waals surface area contributed by atoms with Gasteiger partial charge in [0.15, 0.2) is 0 Å². The Hall–Kier alpha value is -1.42. The number of rotatable bonds is 4. The molecule has 0 saturated carbocycles. The molecule has 1 aliphatic rings. The molecule has 17 heavy (non-hydrogen) atoms. The van der Waals surface area contributed by atoms with Crippen LogP contribution in [0.5, 0.6) is 0 Å². The van der Waals surface area contributed by atoms with E-state index in [4.69, 9.17) is 0 Å². The standard InChI is InChI=1S/C13H16FNO2/c14-6-3-7-15-9-11-5-2-1-4-10(11)8-12(15)13(16)17/h1-2,4-5,12H,3,6-9H2,(H,16,17)/t12-/m0/s1. The van der Waals surface area contributed by atoms with E-state index in [2.05, 4.69) is 0 Å². The average Bonchev–Trinajstić information content (AvgIpc) is 2.35. The molecule has 3 nitrogen and oxygen atoms in total. The Balaban J connectivity index is 2.18. The first-order valence-corrected chi connectivity index (χ1v) is 5.82. The van der Waals surface area contributed by atoms with E-state index in [1.807, 2.05) is 29.2 Å². The largest absolute Gasteiger partial charge is 0.480 e. The number of hydrogen-bond donors (Lipinski definition) is 1. The lowest BCUT2D eigenvalue weighted by Crippen LogP contribution is -2.45. The summed E-state index contributed by atoms with van der Waals surface area (Å²) in [4.78, 5) is 13.1. The smallest absolute Gasteiger partial charge is 0.321 e. The summed E-state index contributed by atoms with van der Waals surface area (Å²) in [6.07, 6.45) is 0.906. The van der Waals surface area contributed by atoms with Gasteiger partial charge < -0.3 is 5.11 Å². The molecule has 0 bridgehead atoms. The predicted octanol–water partition coefficient (Wildman–Crippen LogP) is 1.86. The van der Waals surface area contributed by atoms with Gasteiger partial charge in [-0.05, 0) is 24.0 Å². The van der Waals surface area contributed by atoms with Gasteiger partial charge in [-0.25, -0.2) is 0 Å². The summed E-state index contributed by atoms with van der Waals surface area (Å²) in [5, 5.41) is 9.20. The molecular formula is C13H16FNO2. The maximum atomic E-state index is 12.2. The molecule has 1 atom stereocenters. The van der Waals surface area contributed by atoms with Crippen molar-refractivity contribution in [2.45, 2.75) is 25.4 Å². The summed E-state index contributed by atoms with van der Waals surface area (Å²) in [5.74, 6) is -0.821. The molecule has 0 amide bonds. The van der Waals surface area contributed by atoms with E-state index in [9.17, 15) is 14.3 Å². The molecule has 1 aromatic carbocycles. The molecule has 1 N–H and O–H groups in total. The third-order valence-electron chi connectivity index (χ3n) is 3.21. The molecule has 0 aliphatic carbocycles. The van der Waals surface area contributed by atoms with E-state index in [0.717, 1.165) is 11.1 Å². The number of benzene rings is 1. The van der Waals surface area contributed by atoms with Crippen molar-refractivity contribution >= 4 is 5.97 Å². The molecule has 0 unspecified atom stereocenters. The van der Waals surface area contributed by atoms with Crippen molar-refractivity contribution < 1.29 is 14.3 Å². The van der Waals surface area contributed by atoms with Crippen LogP contribution in [0.2, 0.25) is 0 Å². The highest BCUT2D eigenvalue weighted by Gasteiger charge is 2.30. The van der Waals surface area contributed by atoms with Crippen molar-refractivity contribution in [3.63, 3.8) is 0 Å². The van der Waals surface area contributed by atoms with Crippen LogP contribution in [0, 0.1) is 0 Å². The van der Waals surface area contributed by atoms with Crippen LogP contribution >= 0.6 is 0 Å².